The molecule has 2 heterocycles. The van der Waals surface area contributed by atoms with Crippen LogP contribution in [0.1, 0.15) is 22.5 Å². The molecular formula is C9H10BrClOS. The summed E-state index contributed by atoms with van der Waals surface area (Å²) in [5.41, 5.74) is 0. The summed E-state index contributed by atoms with van der Waals surface area (Å²) in [4.78, 5) is 1.57. The van der Waals surface area contributed by atoms with Gasteiger partial charge in [0.25, 0.3) is 0 Å². The second-order valence-electron chi connectivity index (χ2n) is 3.10. The van der Waals surface area contributed by atoms with Crippen molar-refractivity contribution in [3.63, 3.8) is 0 Å². The summed E-state index contributed by atoms with van der Waals surface area (Å²) in [6, 6.07) is 4.00. The van der Waals surface area contributed by atoms with Gasteiger partial charge in [0, 0.05) is 11.5 Å². The third-order valence-electron chi connectivity index (χ3n) is 2.16. The number of halogens is 2. The SMILES string of the molecule is Clc1ccc(C(Br)C2CCCO2)s1. The zero-order chi connectivity index (χ0) is 9.26. The molecule has 0 spiro atoms. The van der Waals surface area contributed by atoms with E-state index >= 15 is 0 Å². The van der Waals surface area contributed by atoms with Gasteiger partial charge in [-0.15, -0.1) is 11.3 Å². The van der Waals surface area contributed by atoms with Crippen LogP contribution in [0.5, 0.6) is 0 Å². The van der Waals surface area contributed by atoms with Crippen molar-refractivity contribution in [1.29, 1.82) is 0 Å². The van der Waals surface area contributed by atoms with Crippen LogP contribution in [-0.2, 0) is 4.74 Å². The zero-order valence-corrected chi connectivity index (χ0v) is 10.2. The number of rotatable bonds is 2. The predicted molar refractivity (Wildman–Crippen MR) is 60.0 cm³/mol. The van der Waals surface area contributed by atoms with Crippen molar-refractivity contribution < 1.29 is 4.74 Å². The van der Waals surface area contributed by atoms with E-state index in [1.165, 1.54) is 11.3 Å². The van der Waals surface area contributed by atoms with Crippen LogP contribution < -0.4 is 0 Å². The van der Waals surface area contributed by atoms with E-state index in [1.54, 1.807) is 11.3 Å². The first kappa shape index (κ1) is 9.97. The van der Waals surface area contributed by atoms with Crippen LogP contribution in [0.15, 0.2) is 12.1 Å². The van der Waals surface area contributed by atoms with Gasteiger partial charge in [-0.3, -0.25) is 0 Å². The Morgan fingerprint density at radius 1 is 1.62 bits per heavy atom. The van der Waals surface area contributed by atoms with Crippen LogP contribution in [0.25, 0.3) is 0 Å². The van der Waals surface area contributed by atoms with Gasteiger partial charge in [0.15, 0.2) is 0 Å². The minimum Gasteiger partial charge on any atom is -0.377 e. The molecule has 2 atom stereocenters. The van der Waals surface area contributed by atoms with Gasteiger partial charge in [-0.2, -0.15) is 0 Å². The highest BCUT2D eigenvalue weighted by Crippen LogP contribution is 2.38. The van der Waals surface area contributed by atoms with E-state index in [0.29, 0.717) is 10.9 Å². The van der Waals surface area contributed by atoms with Crippen molar-refractivity contribution in [2.45, 2.75) is 23.8 Å². The van der Waals surface area contributed by atoms with E-state index in [4.69, 9.17) is 16.3 Å². The fourth-order valence-corrected chi connectivity index (χ4v) is 3.43. The Labute approximate surface area is 95.2 Å². The first-order valence-electron chi connectivity index (χ1n) is 4.28. The molecule has 1 aromatic rings. The van der Waals surface area contributed by atoms with Crippen molar-refractivity contribution in [2.24, 2.45) is 0 Å². The number of alkyl halides is 1. The average Bonchev–Trinajstić information content (AvgIpc) is 2.72. The van der Waals surface area contributed by atoms with Crippen molar-refractivity contribution in [2.75, 3.05) is 6.61 Å². The fourth-order valence-electron chi connectivity index (χ4n) is 1.49. The second-order valence-corrected chi connectivity index (χ2v) is 5.83. The maximum absolute atomic E-state index is 5.87. The van der Waals surface area contributed by atoms with Gasteiger partial charge < -0.3 is 4.74 Å². The third-order valence-corrected chi connectivity index (χ3v) is 4.86. The quantitative estimate of drug-likeness (QED) is 0.744. The largest absolute Gasteiger partial charge is 0.377 e. The van der Waals surface area contributed by atoms with Gasteiger partial charge in [-0.1, -0.05) is 27.5 Å². The van der Waals surface area contributed by atoms with Gasteiger partial charge in [0.1, 0.15) is 0 Å². The Morgan fingerprint density at radius 2 is 2.46 bits per heavy atom. The molecule has 1 nitrogen and oxygen atoms in total. The van der Waals surface area contributed by atoms with Gasteiger partial charge in [-0.05, 0) is 25.0 Å². The number of hydrogen-bond acceptors (Lipinski definition) is 2. The Kier molecular flexibility index (Phi) is 3.30. The molecule has 2 unspecified atom stereocenters. The van der Waals surface area contributed by atoms with Crippen LogP contribution in [0.3, 0.4) is 0 Å². The van der Waals surface area contributed by atoms with E-state index < -0.39 is 0 Å². The van der Waals surface area contributed by atoms with E-state index in [-0.39, 0.29) is 0 Å². The molecular weight excluding hydrogens is 272 g/mol. The fraction of sp³-hybridized carbons (Fsp3) is 0.556. The molecule has 1 aliphatic heterocycles. The average molecular weight is 282 g/mol. The highest BCUT2D eigenvalue weighted by Gasteiger charge is 2.25. The van der Waals surface area contributed by atoms with Crippen LogP contribution in [0.4, 0.5) is 0 Å². The standard InChI is InChI=1S/C9H10BrClOS/c10-9(6-2-1-5-12-6)7-3-4-8(11)13-7/h3-4,6,9H,1-2,5H2. The van der Waals surface area contributed by atoms with Crippen molar-refractivity contribution in [1.82, 2.24) is 0 Å². The molecule has 0 aliphatic carbocycles. The molecule has 0 N–H and O–H groups in total. The maximum Gasteiger partial charge on any atom is 0.0931 e. The Hall–Kier alpha value is 0.430. The smallest absolute Gasteiger partial charge is 0.0931 e. The van der Waals surface area contributed by atoms with Crippen LogP contribution >= 0.6 is 38.9 Å². The van der Waals surface area contributed by atoms with Crippen molar-refractivity contribution >= 4 is 38.9 Å². The monoisotopic (exact) mass is 280 g/mol. The third kappa shape index (κ3) is 2.27. The summed E-state index contributed by atoms with van der Waals surface area (Å²) in [5.74, 6) is 0. The highest BCUT2D eigenvalue weighted by molar-refractivity contribution is 9.09. The summed E-state index contributed by atoms with van der Waals surface area (Å²) in [6.07, 6.45) is 2.65. The van der Waals surface area contributed by atoms with Crippen LogP contribution in [0, 0.1) is 0 Å². The molecule has 0 amide bonds. The molecule has 1 fully saturated rings. The number of hydrogen-bond donors (Lipinski definition) is 0. The normalized spacial score (nSPS) is 24.9. The Balaban J connectivity index is 2.07. The summed E-state index contributed by atoms with van der Waals surface area (Å²) < 4.78 is 6.44. The maximum atomic E-state index is 5.87. The van der Waals surface area contributed by atoms with E-state index in [9.17, 15) is 0 Å². The van der Waals surface area contributed by atoms with E-state index in [2.05, 4.69) is 22.0 Å². The summed E-state index contributed by atoms with van der Waals surface area (Å²) >= 11 is 11.1. The second kappa shape index (κ2) is 4.30. The topological polar surface area (TPSA) is 9.23 Å². The molecule has 1 aliphatic rings. The summed E-state index contributed by atoms with van der Waals surface area (Å²) in [7, 11) is 0. The lowest BCUT2D eigenvalue weighted by atomic mass is 10.1. The van der Waals surface area contributed by atoms with Crippen molar-refractivity contribution in [3.8, 4) is 0 Å². The zero-order valence-electron chi connectivity index (χ0n) is 7.00. The van der Waals surface area contributed by atoms with Gasteiger partial charge >= 0.3 is 0 Å². The Bertz CT molecular complexity index is 283. The summed E-state index contributed by atoms with van der Waals surface area (Å²) in [5, 5.41) is 0. The number of thiophene rings is 1. The van der Waals surface area contributed by atoms with E-state index in [0.717, 1.165) is 17.4 Å². The molecule has 13 heavy (non-hydrogen) atoms. The predicted octanol–water partition coefficient (Wildman–Crippen LogP) is 4.02. The molecule has 0 bridgehead atoms. The lowest BCUT2D eigenvalue weighted by molar-refractivity contribution is 0.111. The first-order valence-corrected chi connectivity index (χ1v) is 6.39. The lowest BCUT2D eigenvalue weighted by Gasteiger charge is -2.14. The summed E-state index contributed by atoms with van der Waals surface area (Å²) in [6.45, 7) is 0.895. The molecule has 2 rings (SSSR count). The minimum absolute atomic E-state index is 0.312. The minimum atomic E-state index is 0.312. The van der Waals surface area contributed by atoms with Crippen LogP contribution in [-0.4, -0.2) is 12.7 Å². The number of ether oxygens (including phenoxy) is 1. The van der Waals surface area contributed by atoms with Gasteiger partial charge in [0.05, 0.1) is 15.3 Å². The van der Waals surface area contributed by atoms with Gasteiger partial charge in [-0.25, -0.2) is 0 Å². The molecule has 0 aromatic carbocycles. The van der Waals surface area contributed by atoms with Crippen molar-refractivity contribution in [3.05, 3.63) is 21.3 Å². The Morgan fingerprint density at radius 3 is 3.00 bits per heavy atom. The first-order chi connectivity index (χ1) is 6.27. The van der Waals surface area contributed by atoms with Crippen LogP contribution in [0.2, 0.25) is 4.34 Å². The van der Waals surface area contributed by atoms with E-state index in [1.807, 2.05) is 6.07 Å². The molecule has 0 saturated carbocycles. The molecule has 1 saturated heterocycles. The van der Waals surface area contributed by atoms with Gasteiger partial charge in [0.2, 0.25) is 0 Å². The highest BCUT2D eigenvalue weighted by atomic mass is 79.9. The molecule has 0 radical (unpaired) electrons. The lowest BCUT2D eigenvalue weighted by Crippen LogP contribution is -2.10. The molecule has 1 aromatic heterocycles. The molecule has 72 valence electrons. The molecule has 4 heteroatoms.